The number of hydrogen-bond acceptors (Lipinski definition) is 6. The van der Waals surface area contributed by atoms with Crippen LogP contribution in [0.25, 0.3) is 0 Å². The summed E-state index contributed by atoms with van der Waals surface area (Å²) in [7, 11) is 0. The van der Waals surface area contributed by atoms with Crippen LogP contribution in [0.2, 0.25) is 0 Å². The van der Waals surface area contributed by atoms with Crippen LogP contribution in [0.5, 0.6) is 0 Å². The van der Waals surface area contributed by atoms with Gasteiger partial charge < -0.3 is 15.5 Å². The molecule has 0 amide bonds. The molecule has 114 valence electrons. The summed E-state index contributed by atoms with van der Waals surface area (Å²) in [6.45, 7) is 0. The second-order valence-electron chi connectivity index (χ2n) is 5.79. The Morgan fingerprint density at radius 1 is 1.27 bits per heavy atom. The van der Waals surface area contributed by atoms with E-state index in [1.54, 1.807) is 24.3 Å². The first kappa shape index (κ1) is 13.2. The van der Waals surface area contributed by atoms with Crippen LogP contribution in [-0.2, 0) is 12.0 Å². The second kappa shape index (κ2) is 4.05. The molecule has 2 atom stereocenters. The van der Waals surface area contributed by atoms with Crippen molar-refractivity contribution in [1.29, 1.82) is 0 Å². The Labute approximate surface area is 125 Å². The van der Waals surface area contributed by atoms with Crippen molar-refractivity contribution < 1.29 is 19.4 Å². The fraction of sp³-hybridized carbons (Fsp3) is 0.357. The fourth-order valence-electron chi connectivity index (χ4n) is 3.42. The van der Waals surface area contributed by atoms with Crippen molar-refractivity contribution in [2.24, 2.45) is 5.73 Å². The van der Waals surface area contributed by atoms with Crippen LogP contribution in [0.15, 0.2) is 35.0 Å². The lowest BCUT2D eigenvalue weighted by Gasteiger charge is -2.35. The Bertz CT molecular complexity index is 787. The molecule has 22 heavy (non-hydrogen) atoms. The topological polar surface area (TPSA) is 125 Å². The molecule has 0 spiro atoms. The van der Waals surface area contributed by atoms with Crippen molar-refractivity contribution in [1.82, 2.24) is 5.16 Å². The largest absolute Gasteiger partial charge is 0.622 e. The van der Waals surface area contributed by atoms with E-state index < -0.39 is 11.3 Å². The van der Waals surface area contributed by atoms with Gasteiger partial charge in [-0.1, -0.05) is 18.2 Å². The molecule has 1 aromatic carbocycles. The Morgan fingerprint density at radius 2 is 2.00 bits per heavy atom. The Hall–Kier alpha value is -2.45. The average molecular weight is 302 g/mol. The molecule has 2 heterocycles. The minimum absolute atomic E-state index is 0.0173. The molecule has 2 aromatic rings. The number of fused-ring (bicyclic) bond motifs is 3. The standard InChI is InChI=1S/C14H14N4O4/c15-14-7-6-10-12(16-22-18(10)21)13(14,19)8-11(17(14)20)9-4-2-1-3-5-9/h1-5,19H,6-8,15H2/t13-,14-/m0/s1. The number of aromatic nitrogens is 2. The van der Waals surface area contributed by atoms with Crippen molar-refractivity contribution in [3.05, 3.63) is 57.7 Å². The Balaban J connectivity index is 1.89. The molecule has 8 nitrogen and oxygen atoms in total. The molecule has 4 rings (SSSR count). The molecule has 0 saturated heterocycles. The van der Waals surface area contributed by atoms with Gasteiger partial charge in [-0.15, -0.1) is 0 Å². The van der Waals surface area contributed by atoms with Crippen LogP contribution in [0.1, 0.15) is 29.8 Å². The van der Waals surface area contributed by atoms with Gasteiger partial charge in [0.25, 0.3) is 11.4 Å². The number of hydroxylamine groups is 1. The van der Waals surface area contributed by atoms with Gasteiger partial charge in [-0.25, -0.2) is 0 Å². The van der Waals surface area contributed by atoms with Gasteiger partial charge in [-0.05, 0) is 17.0 Å². The first-order valence-electron chi connectivity index (χ1n) is 6.96. The molecule has 8 heteroatoms. The Morgan fingerprint density at radius 3 is 2.73 bits per heavy atom. The van der Waals surface area contributed by atoms with Gasteiger partial charge in [0.2, 0.25) is 11.3 Å². The van der Waals surface area contributed by atoms with E-state index in [4.69, 9.17) is 5.73 Å². The predicted octanol–water partition coefficient (Wildman–Crippen LogP) is -0.500. The number of nitrogens with two attached hydrogens (primary N) is 1. The SMILES string of the molecule is N[C@]12CCc3c(no[n+]3[O-])[C@@]1(O)CC(c1ccccc1)=[N+]2[O-]. The molecule has 0 fully saturated rings. The molecule has 0 unspecified atom stereocenters. The van der Waals surface area contributed by atoms with E-state index in [1.807, 2.05) is 6.07 Å². The minimum atomic E-state index is -1.74. The van der Waals surface area contributed by atoms with E-state index in [0.717, 1.165) is 0 Å². The lowest BCUT2D eigenvalue weighted by atomic mass is 9.75. The zero-order valence-electron chi connectivity index (χ0n) is 11.6. The molecule has 0 saturated carbocycles. The average Bonchev–Trinajstić information content (AvgIpc) is 3.00. The quantitative estimate of drug-likeness (QED) is 0.540. The highest BCUT2D eigenvalue weighted by Crippen LogP contribution is 2.46. The van der Waals surface area contributed by atoms with E-state index in [0.29, 0.717) is 16.0 Å². The first-order valence-corrected chi connectivity index (χ1v) is 6.96. The fourth-order valence-corrected chi connectivity index (χ4v) is 3.42. The maximum atomic E-state index is 12.7. The summed E-state index contributed by atoms with van der Waals surface area (Å²) in [5.74, 6) is 0. The van der Waals surface area contributed by atoms with Gasteiger partial charge >= 0.3 is 0 Å². The molecule has 1 aliphatic heterocycles. The molecular formula is C14H14N4O4. The lowest BCUT2D eigenvalue weighted by molar-refractivity contribution is -0.808. The van der Waals surface area contributed by atoms with Crippen molar-refractivity contribution in [2.45, 2.75) is 30.5 Å². The summed E-state index contributed by atoms with van der Waals surface area (Å²) in [5, 5.41) is 39.0. The normalized spacial score (nSPS) is 30.3. The highest BCUT2D eigenvalue weighted by Gasteiger charge is 2.69. The third-order valence-electron chi connectivity index (χ3n) is 4.69. The summed E-state index contributed by atoms with van der Waals surface area (Å²) in [6, 6.07) is 9.00. The zero-order chi connectivity index (χ0) is 15.5. The van der Waals surface area contributed by atoms with Gasteiger partial charge in [-0.2, -0.15) is 4.74 Å². The van der Waals surface area contributed by atoms with Crippen LogP contribution < -0.4 is 10.6 Å². The van der Waals surface area contributed by atoms with Crippen molar-refractivity contribution in [3.63, 3.8) is 0 Å². The van der Waals surface area contributed by atoms with Crippen LogP contribution in [0.3, 0.4) is 0 Å². The maximum absolute atomic E-state index is 12.7. The van der Waals surface area contributed by atoms with Gasteiger partial charge in [-0.3, -0.25) is 10.4 Å². The van der Waals surface area contributed by atoms with Crippen LogP contribution in [0.4, 0.5) is 0 Å². The highest BCUT2D eigenvalue weighted by atomic mass is 16.8. The number of benzene rings is 1. The summed E-state index contributed by atoms with van der Waals surface area (Å²) in [6.07, 6.45) is 0.346. The zero-order valence-corrected chi connectivity index (χ0v) is 11.6. The smallest absolute Gasteiger partial charge is 0.262 e. The number of aliphatic hydroxyl groups is 1. The highest BCUT2D eigenvalue weighted by molar-refractivity contribution is 5.99. The molecule has 0 bridgehead atoms. The second-order valence-corrected chi connectivity index (χ2v) is 5.79. The van der Waals surface area contributed by atoms with Crippen molar-refractivity contribution >= 4 is 5.71 Å². The van der Waals surface area contributed by atoms with E-state index in [2.05, 4.69) is 9.79 Å². The third kappa shape index (κ3) is 1.40. The van der Waals surface area contributed by atoms with Crippen LogP contribution in [0, 0.1) is 10.4 Å². The van der Waals surface area contributed by atoms with Gasteiger partial charge in [0.05, 0.1) is 6.42 Å². The molecule has 3 N–H and O–H groups in total. The summed E-state index contributed by atoms with van der Waals surface area (Å²) in [5.41, 5.74) is 4.29. The third-order valence-corrected chi connectivity index (χ3v) is 4.69. The van der Waals surface area contributed by atoms with Gasteiger partial charge in [0.1, 0.15) is 0 Å². The van der Waals surface area contributed by atoms with E-state index in [-0.39, 0.29) is 35.6 Å². The van der Waals surface area contributed by atoms with Crippen molar-refractivity contribution in [2.75, 3.05) is 0 Å². The number of nitrogens with zero attached hydrogens (tertiary/aromatic N) is 3. The van der Waals surface area contributed by atoms with E-state index in [9.17, 15) is 15.5 Å². The molecule has 1 aromatic heterocycles. The summed E-state index contributed by atoms with van der Waals surface area (Å²) < 4.78 is 5.24. The Kier molecular flexibility index (Phi) is 2.44. The van der Waals surface area contributed by atoms with Crippen LogP contribution >= 0.6 is 0 Å². The van der Waals surface area contributed by atoms with Gasteiger partial charge in [0, 0.05) is 23.6 Å². The molecule has 0 radical (unpaired) electrons. The number of hydrogen-bond donors (Lipinski definition) is 2. The van der Waals surface area contributed by atoms with Gasteiger partial charge in [0.15, 0.2) is 5.71 Å². The monoisotopic (exact) mass is 302 g/mol. The minimum Gasteiger partial charge on any atom is -0.622 e. The number of rotatable bonds is 1. The van der Waals surface area contributed by atoms with E-state index >= 15 is 0 Å². The van der Waals surface area contributed by atoms with Crippen LogP contribution in [-0.4, -0.2) is 26.4 Å². The molecule has 2 aliphatic rings. The van der Waals surface area contributed by atoms with E-state index in [1.165, 1.54) is 0 Å². The summed E-state index contributed by atoms with van der Waals surface area (Å²) >= 11 is 0. The maximum Gasteiger partial charge on any atom is 0.262 e. The first-order chi connectivity index (χ1) is 10.5. The lowest BCUT2D eigenvalue weighted by Crippen LogP contribution is -2.63. The molecular weight excluding hydrogens is 288 g/mol. The summed E-state index contributed by atoms with van der Waals surface area (Å²) in [4.78, 5) is 0.266. The molecule has 1 aliphatic carbocycles. The van der Waals surface area contributed by atoms with Crippen molar-refractivity contribution in [3.8, 4) is 0 Å². The predicted molar refractivity (Wildman–Crippen MR) is 73.4 cm³/mol.